The number of rotatable bonds is 3. The van der Waals surface area contributed by atoms with Crippen molar-refractivity contribution in [1.82, 2.24) is 0 Å². The highest BCUT2D eigenvalue weighted by Crippen LogP contribution is 2.24. The van der Waals surface area contributed by atoms with Crippen molar-refractivity contribution in [2.24, 2.45) is 5.92 Å². The van der Waals surface area contributed by atoms with Crippen molar-refractivity contribution in [3.63, 3.8) is 0 Å². The Labute approximate surface area is 109 Å². The summed E-state index contributed by atoms with van der Waals surface area (Å²) in [5.41, 5.74) is 0.516. The van der Waals surface area contributed by atoms with E-state index in [1.165, 1.54) is 18.4 Å². The molecule has 0 bridgehead atoms. The predicted molar refractivity (Wildman–Crippen MR) is 67.8 cm³/mol. The highest BCUT2D eigenvalue weighted by atomic mass is 32.1. The van der Waals surface area contributed by atoms with E-state index in [1.54, 1.807) is 11.4 Å². The van der Waals surface area contributed by atoms with Gasteiger partial charge in [-0.2, -0.15) is 0 Å². The van der Waals surface area contributed by atoms with Gasteiger partial charge in [0.25, 0.3) is 0 Å². The average Bonchev–Trinajstić information content (AvgIpc) is 2.87. The smallest absolute Gasteiger partial charge is 0.350 e. The summed E-state index contributed by atoms with van der Waals surface area (Å²) in [6.07, 6.45) is 1.72. The van der Waals surface area contributed by atoms with E-state index < -0.39 is 5.97 Å². The van der Waals surface area contributed by atoms with Crippen LogP contribution in [0.5, 0.6) is 0 Å². The molecule has 2 rings (SSSR count). The van der Waals surface area contributed by atoms with Crippen LogP contribution < -0.4 is 5.32 Å². The third kappa shape index (κ3) is 2.88. The molecule has 0 saturated carbocycles. The minimum Gasteiger partial charge on any atom is -0.465 e. The Bertz CT molecular complexity index is 437. The van der Waals surface area contributed by atoms with Gasteiger partial charge in [-0.1, -0.05) is 0 Å². The van der Waals surface area contributed by atoms with Crippen molar-refractivity contribution in [2.45, 2.75) is 12.8 Å². The second-order valence-electron chi connectivity index (χ2n) is 4.06. The number of amides is 1. The van der Waals surface area contributed by atoms with Crippen molar-refractivity contribution < 1.29 is 19.1 Å². The Kier molecular flexibility index (Phi) is 4.33. The summed E-state index contributed by atoms with van der Waals surface area (Å²) in [5, 5.41) is 4.52. The van der Waals surface area contributed by atoms with Gasteiger partial charge in [-0.3, -0.25) is 4.79 Å². The fourth-order valence-electron chi connectivity index (χ4n) is 1.84. The highest BCUT2D eigenvalue weighted by molar-refractivity contribution is 7.12. The van der Waals surface area contributed by atoms with Crippen molar-refractivity contribution in [2.75, 3.05) is 25.6 Å². The topological polar surface area (TPSA) is 64.6 Å². The van der Waals surface area contributed by atoms with Crippen molar-refractivity contribution in [3.05, 3.63) is 16.3 Å². The molecule has 18 heavy (non-hydrogen) atoms. The van der Waals surface area contributed by atoms with E-state index in [1.807, 2.05) is 0 Å². The molecule has 0 aliphatic carbocycles. The average molecular weight is 269 g/mol. The number of anilines is 1. The number of carbonyl (C=O) groups excluding carboxylic acids is 2. The van der Waals surface area contributed by atoms with E-state index in [9.17, 15) is 9.59 Å². The van der Waals surface area contributed by atoms with Gasteiger partial charge in [0.05, 0.1) is 25.3 Å². The summed E-state index contributed by atoms with van der Waals surface area (Å²) in [6, 6.07) is 1.71. The van der Waals surface area contributed by atoms with Crippen LogP contribution in [0.25, 0.3) is 0 Å². The van der Waals surface area contributed by atoms with E-state index in [0.29, 0.717) is 17.2 Å². The molecule has 0 radical (unpaired) electrons. The minimum atomic E-state index is -0.430. The van der Waals surface area contributed by atoms with Gasteiger partial charge in [0, 0.05) is 6.61 Å². The molecule has 6 heteroatoms. The lowest BCUT2D eigenvalue weighted by Gasteiger charge is -2.21. The highest BCUT2D eigenvalue weighted by Gasteiger charge is 2.23. The molecule has 1 N–H and O–H groups in total. The summed E-state index contributed by atoms with van der Waals surface area (Å²) < 4.78 is 9.93. The van der Waals surface area contributed by atoms with Gasteiger partial charge in [0.1, 0.15) is 4.88 Å². The quantitative estimate of drug-likeness (QED) is 0.851. The Morgan fingerprint density at radius 1 is 1.56 bits per heavy atom. The van der Waals surface area contributed by atoms with E-state index in [0.717, 1.165) is 19.4 Å². The summed E-state index contributed by atoms with van der Waals surface area (Å²) in [6.45, 7) is 1.17. The summed E-state index contributed by atoms with van der Waals surface area (Å²) in [5.74, 6) is -0.664. The Morgan fingerprint density at radius 2 is 2.39 bits per heavy atom. The molecule has 1 amide bonds. The summed E-state index contributed by atoms with van der Waals surface area (Å²) in [7, 11) is 1.32. The van der Waals surface area contributed by atoms with Gasteiger partial charge in [0.15, 0.2) is 0 Å². The Morgan fingerprint density at radius 3 is 3.06 bits per heavy atom. The molecule has 1 atom stereocenters. The van der Waals surface area contributed by atoms with Crippen molar-refractivity contribution in [1.29, 1.82) is 0 Å². The van der Waals surface area contributed by atoms with E-state index in [-0.39, 0.29) is 11.8 Å². The van der Waals surface area contributed by atoms with E-state index in [2.05, 4.69) is 10.1 Å². The molecular formula is C12H15NO4S. The molecule has 1 aliphatic rings. The van der Waals surface area contributed by atoms with Crippen molar-refractivity contribution >= 4 is 28.9 Å². The normalized spacial score (nSPS) is 19.3. The van der Waals surface area contributed by atoms with E-state index in [4.69, 9.17) is 4.74 Å². The van der Waals surface area contributed by atoms with Crippen molar-refractivity contribution in [3.8, 4) is 0 Å². The van der Waals surface area contributed by atoms with Gasteiger partial charge < -0.3 is 14.8 Å². The zero-order chi connectivity index (χ0) is 13.0. The van der Waals surface area contributed by atoms with Crippen LogP contribution in [0.15, 0.2) is 11.4 Å². The van der Waals surface area contributed by atoms with Crippen LogP contribution in [0.2, 0.25) is 0 Å². The second-order valence-corrected chi connectivity index (χ2v) is 4.97. The van der Waals surface area contributed by atoms with Crippen LogP contribution in [0.1, 0.15) is 22.5 Å². The van der Waals surface area contributed by atoms with Gasteiger partial charge in [-0.05, 0) is 24.3 Å². The minimum absolute atomic E-state index is 0.0988. The maximum Gasteiger partial charge on any atom is 0.350 e. The van der Waals surface area contributed by atoms with Crippen LogP contribution >= 0.6 is 11.3 Å². The number of esters is 1. The van der Waals surface area contributed by atoms with Gasteiger partial charge >= 0.3 is 5.97 Å². The number of hydrogen-bond donors (Lipinski definition) is 1. The first kappa shape index (κ1) is 13.0. The van der Waals surface area contributed by atoms with Gasteiger partial charge in [-0.15, -0.1) is 11.3 Å². The standard InChI is InChI=1S/C12H15NO4S/c1-16-12(15)10-9(4-6-18-10)13-11(14)8-3-2-5-17-7-8/h4,6,8H,2-3,5,7H2,1H3,(H,13,14). The fourth-order valence-corrected chi connectivity index (χ4v) is 2.61. The van der Waals surface area contributed by atoms with Gasteiger partial charge in [0.2, 0.25) is 5.91 Å². The van der Waals surface area contributed by atoms with E-state index >= 15 is 0 Å². The first-order valence-corrected chi connectivity index (χ1v) is 6.64. The van der Waals surface area contributed by atoms with Gasteiger partial charge in [-0.25, -0.2) is 4.79 Å². The number of methoxy groups -OCH3 is 1. The third-order valence-electron chi connectivity index (χ3n) is 2.82. The first-order valence-electron chi connectivity index (χ1n) is 5.76. The van der Waals surface area contributed by atoms with Crippen LogP contribution in [0, 0.1) is 5.92 Å². The van der Waals surface area contributed by atoms with Crippen LogP contribution in [0.4, 0.5) is 5.69 Å². The van der Waals surface area contributed by atoms with Crippen LogP contribution in [-0.2, 0) is 14.3 Å². The fraction of sp³-hybridized carbons (Fsp3) is 0.500. The second kappa shape index (κ2) is 5.97. The molecule has 0 aromatic carbocycles. The molecule has 1 saturated heterocycles. The summed E-state index contributed by atoms with van der Waals surface area (Å²) in [4.78, 5) is 23.9. The predicted octanol–water partition coefficient (Wildman–Crippen LogP) is 1.90. The number of nitrogens with one attached hydrogen (secondary N) is 1. The number of ether oxygens (including phenoxy) is 2. The van der Waals surface area contributed by atoms with Crippen LogP contribution in [-0.4, -0.2) is 32.2 Å². The maximum atomic E-state index is 12.0. The SMILES string of the molecule is COC(=O)c1sccc1NC(=O)C1CCCOC1. The molecule has 98 valence electrons. The summed E-state index contributed by atoms with van der Waals surface area (Å²) >= 11 is 1.25. The zero-order valence-electron chi connectivity index (χ0n) is 10.1. The molecule has 2 heterocycles. The lowest BCUT2D eigenvalue weighted by Crippen LogP contribution is -2.30. The molecule has 5 nitrogen and oxygen atoms in total. The lowest BCUT2D eigenvalue weighted by molar-refractivity contribution is -0.123. The molecule has 1 aromatic rings. The molecular weight excluding hydrogens is 254 g/mol. The molecule has 1 aromatic heterocycles. The largest absolute Gasteiger partial charge is 0.465 e. The molecule has 0 spiro atoms. The molecule has 1 aliphatic heterocycles. The molecule has 1 unspecified atom stereocenters. The first-order chi connectivity index (χ1) is 8.72. The number of carbonyl (C=O) groups is 2. The maximum absolute atomic E-state index is 12.0. The Hall–Kier alpha value is -1.40. The monoisotopic (exact) mass is 269 g/mol. The third-order valence-corrected chi connectivity index (χ3v) is 3.72. The Balaban J connectivity index is 2.02. The number of thiophene rings is 1. The lowest BCUT2D eigenvalue weighted by atomic mass is 10.0. The number of hydrogen-bond acceptors (Lipinski definition) is 5. The zero-order valence-corrected chi connectivity index (χ0v) is 10.9. The van der Waals surface area contributed by atoms with Crippen LogP contribution in [0.3, 0.4) is 0 Å². The molecule has 1 fully saturated rings.